The number of para-hydroxylation sites is 6. The molecule has 2 aromatic heterocycles. The van der Waals surface area contributed by atoms with Crippen LogP contribution in [0.5, 0.6) is 0 Å². The largest absolute Gasteiger partial charge is 0.310 e. The molecule has 0 unspecified atom stereocenters. The number of hydrogen-bond acceptors (Lipinski definition) is 4. The van der Waals surface area contributed by atoms with Crippen LogP contribution in [0.2, 0.25) is 0 Å². The first-order valence-electron chi connectivity index (χ1n) is 26.5. The highest BCUT2D eigenvalue weighted by molar-refractivity contribution is 6.12. The second kappa shape index (κ2) is 21.4. The summed E-state index contributed by atoms with van der Waals surface area (Å²) in [5, 5.41) is 2.26. The van der Waals surface area contributed by atoms with Gasteiger partial charge in [0.05, 0.1) is 42.1 Å². The SMILES string of the molecule is [C-]#[N+]c1cc(-c2cc(-c3ccccc3[N+]#[C-])nc(-c3ccccc3[N+]#[C-])n2)ccc1-c1ccc(-c2ccc(-n3c4ccc(N(c5ccccc5)c5ccccc5)cc4c4cc(N(c5ccccc5)c5ccccc5)ccc43)cc2)cc1. The lowest BCUT2D eigenvalue weighted by atomic mass is 9.97. The van der Waals surface area contributed by atoms with Gasteiger partial charge in [0, 0.05) is 61.7 Å². The molecule has 13 rings (SSSR count). The van der Waals surface area contributed by atoms with Crippen molar-refractivity contribution in [2.24, 2.45) is 0 Å². The zero-order valence-corrected chi connectivity index (χ0v) is 43.6. The molecule has 0 saturated carbocycles. The van der Waals surface area contributed by atoms with E-state index in [0.29, 0.717) is 45.4 Å². The quantitative estimate of drug-likeness (QED) is 0.114. The van der Waals surface area contributed by atoms with E-state index in [2.05, 4.69) is 235 Å². The fourth-order valence-electron chi connectivity index (χ4n) is 10.8. The number of nitrogens with zero attached hydrogens (tertiary/aromatic N) is 8. The van der Waals surface area contributed by atoms with E-state index in [9.17, 15) is 0 Å². The molecule has 0 radical (unpaired) electrons. The van der Waals surface area contributed by atoms with Crippen LogP contribution < -0.4 is 9.80 Å². The van der Waals surface area contributed by atoms with Crippen molar-refractivity contribution in [3.05, 3.63) is 313 Å². The second-order valence-corrected chi connectivity index (χ2v) is 19.4. The summed E-state index contributed by atoms with van der Waals surface area (Å²) in [6.07, 6.45) is 0. The van der Waals surface area contributed by atoms with Gasteiger partial charge < -0.3 is 14.4 Å². The lowest BCUT2D eigenvalue weighted by Gasteiger charge is -2.26. The van der Waals surface area contributed by atoms with E-state index in [1.807, 2.05) is 60.7 Å². The zero-order valence-electron chi connectivity index (χ0n) is 43.6. The van der Waals surface area contributed by atoms with E-state index in [1.165, 1.54) is 0 Å². The van der Waals surface area contributed by atoms with Crippen LogP contribution in [0.4, 0.5) is 51.2 Å². The standard InChI is InChI=1S/C73H46N8/c1-74-66-30-18-16-28-62(66)70-49-68(77-73(78-70)63-29-17-19-31-67(63)75-2)53-38-43-61(69(46-53)76-3)52-34-32-50(33-35-52)51-36-39-58(40-37-51)81-71-44-41-59(79(54-20-8-4-9-21-54)55-22-10-5-11-23-55)47-64(71)65-48-60(42-45-72(65)81)80(56-24-12-6-13-25-56)57-26-14-7-15-27-57/h4-49H. The highest BCUT2D eigenvalue weighted by Gasteiger charge is 2.21. The van der Waals surface area contributed by atoms with Gasteiger partial charge in [-0.1, -0.05) is 170 Å². The van der Waals surface area contributed by atoms with Gasteiger partial charge in [-0.25, -0.2) is 24.5 Å². The predicted octanol–water partition coefficient (Wildman–Crippen LogP) is 20.5. The van der Waals surface area contributed by atoms with Crippen LogP contribution >= 0.6 is 0 Å². The smallest absolute Gasteiger partial charge is 0.198 e. The van der Waals surface area contributed by atoms with Crippen LogP contribution in [0.25, 0.3) is 98.2 Å². The van der Waals surface area contributed by atoms with Gasteiger partial charge in [-0.05, 0) is 137 Å². The molecule has 11 aromatic carbocycles. The van der Waals surface area contributed by atoms with Crippen molar-refractivity contribution >= 4 is 73.0 Å². The van der Waals surface area contributed by atoms with E-state index < -0.39 is 0 Å². The monoisotopic (exact) mass is 1030 g/mol. The van der Waals surface area contributed by atoms with E-state index in [-0.39, 0.29) is 0 Å². The summed E-state index contributed by atoms with van der Waals surface area (Å²) in [6, 6.07) is 95.1. The molecule has 0 fully saturated rings. The third kappa shape index (κ3) is 9.36. The molecule has 0 bridgehead atoms. The van der Waals surface area contributed by atoms with Gasteiger partial charge in [0.15, 0.2) is 17.1 Å². The Morgan fingerprint density at radius 3 is 1.20 bits per heavy atom. The van der Waals surface area contributed by atoms with Crippen LogP contribution in [0.1, 0.15) is 0 Å². The lowest BCUT2D eigenvalue weighted by Crippen LogP contribution is -2.09. The average Bonchev–Trinajstić information content (AvgIpc) is 3.96. The minimum atomic E-state index is 0.369. The summed E-state index contributed by atoms with van der Waals surface area (Å²) < 4.78 is 2.37. The van der Waals surface area contributed by atoms with Crippen molar-refractivity contribution in [3.8, 4) is 61.8 Å². The van der Waals surface area contributed by atoms with Crippen molar-refractivity contribution < 1.29 is 0 Å². The molecule has 0 spiro atoms. The zero-order chi connectivity index (χ0) is 54.7. The number of aromatic nitrogens is 3. The molecular weight excluding hydrogens is 989 g/mol. The van der Waals surface area contributed by atoms with Crippen molar-refractivity contribution in [3.63, 3.8) is 0 Å². The molecule has 0 saturated heterocycles. The van der Waals surface area contributed by atoms with Crippen LogP contribution in [0.15, 0.2) is 279 Å². The van der Waals surface area contributed by atoms with Crippen molar-refractivity contribution in [2.75, 3.05) is 9.80 Å². The van der Waals surface area contributed by atoms with Gasteiger partial charge in [0.2, 0.25) is 0 Å². The first-order valence-corrected chi connectivity index (χ1v) is 26.5. The van der Waals surface area contributed by atoms with E-state index >= 15 is 0 Å². The molecule has 0 aliphatic carbocycles. The Balaban J connectivity index is 0.860. The molecule has 0 N–H and O–H groups in total. The Morgan fingerprint density at radius 2 is 0.704 bits per heavy atom. The predicted molar refractivity (Wildman–Crippen MR) is 332 cm³/mol. The fraction of sp³-hybridized carbons (Fsp3) is 0. The fourth-order valence-corrected chi connectivity index (χ4v) is 10.8. The second-order valence-electron chi connectivity index (χ2n) is 19.4. The first kappa shape index (κ1) is 49.0. The van der Waals surface area contributed by atoms with Crippen LogP contribution in [0, 0.1) is 19.7 Å². The highest BCUT2D eigenvalue weighted by atomic mass is 15.1. The molecule has 0 aliphatic heterocycles. The Bertz CT molecular complexity index is 4300. The third-order valence-electron chi connectivity index (χ3n) is 14.7. The highest BCUT2D eigenvalue weighted by Crippen LogP contribution is 2.44. The van der Waals surface area contributed by atoms with Crippen LogP contribution in [-0.2, 0) is 0 Å². The van der Waals surface area contributed by atoms with Gasteiger partial charge in [-0.15, -0.1) is 0 Å². The van der Waals surface area contributed by atoms with Crippen molar-refractivity contribution in [2.45, 2.75) is 0 Å². The average molecular weight is 1040 g/mol. The maximum Gasteiger partial charge on any atom is 0.198 e. The molecule has 378 valence electrons. The normalized spacial score (nSPS) is 10.9. The number of hydrogen-bond donors (Lipinski definition) is 0. The summed E-state index contributed by atoms with van der Waals surface area (Å²) in [5.74, 6) is 0.369. The molecular formula is C73H46N8. The number of benzene rings is 11. The summed E-state index contributed by atoms with van der Waals surface area (Å²) in [4.78, 5) is 26.0. The Labute approximate surface area is 470 Å². The lowest BCUT2D eigenvalue weighted by molar-refractivity contribution is 1.18. The summed E-state index contributed by atoms with van der Waals surface area (Å²) in [7, 11) is 0. The minimum Gasteiger partial charge on any atom is -0.310 e. The molecule has 0 atom stereocenters. The molecule has 0 amide bonds. The minimum absolute atomic E-state index is 0.369. The van der Waals surface area contributed by atoms with Gasteiger partial charge in [0.25, 0.3) is 0 Å². The number of rotatable bonds is 12. The molecule has 13 aromatic rings. The summed E-state index contributed by atoms with van der Waals surface area (Å²) in [5.41, 5.74) is 17.9. The van der Waals surface area contributed by atoms with Crippen molar-refractivity contribution in [1.82, 2.24) is 14.5 Å². The third-order valence-corrected chi connectivity index (χ3v) is 14.7. The van der Waals surface area contributed by atoms with Crippen molar-refractivity contribution in [1.29, 1.82) is 0 Å². The van der Waals surface area contributed by atoms with Gasteiger partial charge in [-0.2, -0.15) is 0 Å². The molecule has 81 heavy (non-hydrogen) atoms. The van der Waals surface area contributed by atoms with Crippen LogP contribution in [0.3, 0.4) is 0 Å². The van der Waals surface area contributed by atoms with Crippen LogP contribution in [-0.4, -0.2) is 14.5 Å². The maximum absolute atomic E-state index is 8.33. The first-order chi connectivity index (χ1) is 40.0. The Kier molecular flexibility index (Phi) is 12.9. The van der Waals surface area contributed by atoms with Gasteiger partial charge in [-0.3, -0.25) is 0 Å². The molecule has 2 heterocycles. The topological polar surface area (TPSA) is 50.3 Å². The Hall–Kier alpha value is -11.6. The Morgan fingerprint density at radius 1 is 0.296 bits per heavy atom. The molecule has 0 aliphatic rings. The number of fused-ring (bicyclic) bond motifs is 3. The van der Waals surface area contributed by atoms with E-state index in [1.54, 1.807) is 12.1 Å². The maximum atomic E-state index is 8.33. The van der Waals surface area contributed by atoms with Gasteiger partial charge >= 0.3 is 0 Å². The summed E-state index contributed by atoms with van der Waals surface area (Å²) >= 11 is 0. The molecule has 8 heteroatoms. The van der Waals surface area contributed by atoms with E-state index in [0.717, 1.165) is 89.4 Å². The summed E-state index contributed by atoms with van der Waals surface area (Å²) in [6.45, 7) is 24.0. The molecule has 8 nitrogen and oxygen atoms in total. The number of anilines is 6. The van der Waals surface area contributed by atoms with E-state index in [4.69, 9.17) is 29.7 Å². The van der Waals surface area contributed by atoms with Gasteiger partial charge in [0.1, 0.15) is 5.82 Å².